The summed E-state index contributed by atoms with van der Waals surface area (Å²) in [5, 5.41) is 9.02. The molecule has 0 aromatic rings. The Morgan fingerprint density at radius 3 is 2.36 bits per heavy atom. The molecule has 1 aliphatic rings. The summed E-state index contributed by atoms with van der Waals surface area (Å²) in [6.45, 7) is 2.45. The fourth-order valence-corrected chi connectivity index (χ4v) is 1.69. The largest absolute Gasteiger partial charge is 0.392 e. The third-order valence-electron chi connectivity index (χ3n) is 2.57. The van der Waals surface area contributed by atoms with Crippen LogP contribution in [0.3, 0.4) is 0 Å². The van der Waals surface area contributed by atoms with E-state index in [4.69, 9.17) is 5.11 Å². The van der Waals surface area contributed by atoms with Gasteiger partial charge in [-0.1, -0.05) is 18.4 Å². The third-order valence-corrected chi connectivity index (χ3v) is 2.57. The molecular formula is C10H18O. The second-order valence-corrected chi connectivity index (χ2v) is 3.46. The van der Waals surface area contributed by atoms with Crippen LogP contribution >= 0.6 is 0 Å². The van der Waals surface area contributed by atoms with Crippen LogP contribution in [0.5, 0.6) is 0 Å². The molecule has 0 aromatic carbocycles. The summed E-state index contributed by atoms with van der Waals surface area (Å²) < 4.78 is 0. The Balaban J connectivity index is 2.56. The average molecular weight is 154 g/mol. The van der Waals surface area contributed by atoms with Crippen LogP contribution in [0.25, 0.3) is 0 Å². The summed E-state index contributed by atoms with van der Waals surface area (Å²) in [5.41, 5.74) is 2.73. The van der Waals surface area contributed by atoms with E-state index < -0.39 is 0 Å². The van der Waals surface area contributed by atoms with Crippen molar-refractivity contribution in [3.63, 3.8) is 0 Å². The van der Waals surface area contributed by atoms with Gasteiger partial charge in [0.1, 0.15) is 0 Å². The van der Waals surface area contributed by atoms with E-state index >= 15 is 0 Å². The number of aliphatic hydroxyl groups excluding tert-OH is 1. The molecule has 0 bridgehead atoms. The Morgan fingerprint density at radius 1 is 1.09 bits per heavy atom. The summed E-state index contributed by atoms with van der Waals surface area (Å²) in [4.78, 5) is 0. The number of aliphatic hydroxyl groups is 1. The molecule has 0 radical (unpaired) electrons. The number of allylic oxidation sites excluding steroid dienone is 1. The normalized spacial score (nSPS) is 27.8. The van der Waals surface area contributed by atoms with Crippen molar-refractivity contribution in [2.75, 3.05) is 6.61 Å². The van der Waals surface area contributed by atoms with E-state index in [9.17, 15) is 0 Å². The Labute approximate surface area is 69.1 Å². The quantitative estimate of drug-likeness (QED) is 0.576. The van der Waals surface area contributed by atoms with Crippen LogP contribution < -0.4 is 0 Å². The molecule has 1 heteroatoms. The van der Waals surface area contributed by atoms with E-state index in [2.05, 4.69) is 6.92 Å². The molecule has 1 rings (SSSR count). The maximum atomic E-state index is 9.02. The van der Waals surface area contributed by atoms with Crippen molar-refractivity contribution in [2.24, 2.45) is 0 Å². The van der Waals surface area contributed by atoms with E-state index in [0.717, 1.165) is 6.42 Å². The van der Waals surface area contributed by atoms with Crippen LogP contribution in [-0.2, 0) is 0 Å². The number of hydrogen-bond acceptors (Lipinski definition) is 1. The lowest BCUT2D eigenvalue weighted by molar-refractivity contribution is 0.322. The third kappa shape index (κ3) is 2.66. The molecular weight excluding hydrogens is 136 g/mol. The zero-order chi connectivity index (χ0) is 8.10. The molecule has 0 heterocycles. The smallest absolute Gasteiger partial charge is 0.0644 e. The topological polar surface area (TPSA) is 20.2 Å². The molecule has 0 saturated carbocycles. The van der Waals surface area contributed by atoms with Gasteiger partial charge in [-0.2, -0.15) is 0 Å². The first-order chi connectivity index (χ1) is 5.34. The second kappa shape index (κ2) is 4.55. The molecule has 0 unspecified atom stereocenters. The molecule has 1 aliphatic carbocycles. The standard InChI is InChI=1S/C10H18O/c1-9-6-4-2-3-5-7-10(9)8-11/h11H,2-8H2,1H3/b10-9+. The van der Waals surface area contributed by atoms with E-state index in [0.29, 0.717) is 0 Å². The molecule has 0 spiro atoms. The molecule has 0 saturated heterocycles. The monoisotopic (exact) mass is 154 g/mol. The lowest BCUT2D eigenvalue weighted by Crippen LogP contribution is -1.98. The highest BCUT2D eigenvalue weighted by molar-refractivity contribution is 5.12. The highest BCUT2D eigenvalue weighted by Crippen LogP contribution is 2.21. The zero-order valence-electron chi connectivity index (χ0n) is 7.40. The highest BCUT2D eigenvalue weighted by atomic mass is 16.3. The summed E-state index contributed by atoms with van der Waals surface area (Å²) >= 11 is 0. The molecule has 0 aromatic heterocycles. The first-order valence-electron chi connectivity index (χ1n) is 4.63. The Hall–Kier alpha value is -0.300. The Bertz CT molecular complexity index is 147. The van der Waals surface area contributed by atoms with Gasteiger partial charge in [-0.05, 0) is 38.2 Å². The van der Waals surface area contributed by atoms with Crippen molar-refractivity contribution < 1.29 is 5.11 Å². The maximum Gasteiger partial charge on any atom is 0.0644 e. The van der Waals surface area contributed by atoms with Crippen LogP contribution in [0.1, 0.15) is 45.4 Å². The van der Waals surface area contributed by atoms with Gasteiger partial charge in [-0.15, -0.1) is 0 Å². The van der Waals surface area contributed by atoms with Crippen LogP contribution in [0.15, 0.2) is 11.1 Å². The van der Waals surface area contributed by atoms with E-state index in [1.807, 2.05) is 0 Å². The fourth-order valence-electron chi connectivity index (χ4n) is 1.69. The predicted molar refractivity (Wildman–Crippen MR) is 47.5 cm³/mol. The second-order valence-electron chi connectivity index (χ2n) is 3.46. The summed E-state index contributed by atoms with van der Waals surface area (Å²) in [6, 6.07) is 0. The van der Waals surface area contributed by atoms with Crippen LogP contribution in [0.2, 0.25) is 0 Å². The van der Waals surface area contributed by atoms with Gasteiger partial charge in [0.15, 0.2) is 0 Å². The van der Waals surface area contributed by atoms with Gasteiger partial charge < -0.3 is 5.11 Å². The average Bonchev–Trinajstić information content (AvgIpc) is 1.98. The maximum absolute atomic E-state index is 9.02. The molecule has 64 valence electrons. The minimum atomic E-state index is 0.284. The number of hydrogen-bond donors (Lipinski definition) is 1. The van der Waals surface area contributed by atoms with Gasteiger partial charge in [-0.3, -0.25) is 0 Å². The summed E-state index contributed by atoms with van der Waals surface area (Å²) in [6.07, 6.45) is 7.63. The first kappa shape index (κ1) is 8.79. The van der Waals surface area contributed by atoms with E-state index in [1.165, 1.54) is 43.3 Å². The highest BCUT2D eigenvalue weighted by Gasteiger charge is 2.04. The van der Waals surface area contributed by atoms with Crippen molar-refractivity contribution in [1.82, 2.24) is 0 Å². The number of rotatable bonds is 1. The molecule has 0 amide bonds. The van der Waals surface area contributed by atoms with Crippen molar-refractivity contribution >= 4 is 0 Å². The molecule has 0 atom stereocenters. The molecule has 11 heavy (non-hydrogen) atoms. The summed E-state index contributed by atoms with van der Waals surface area (Å²) in [7, 11) is 0. The van der Waals surface area contributed by atoms with Crippen LogP contribution in [0, 0.1) is 0 Å². The molecule has 1 nitrogen and oxygen atoms in total. The molecule has 0 aliphatic heterocycles. The minimum absolute atomic E-state index is 0.284. The van der Waals surface area contributed by atoms with Gasteiger partial charge in [0, 0.05) is 0 Å². The summed E-state index contributed by atoms with van der Waals surface area (Å²) in [5.74, 6) is 0. The van der Waals surface area contributed by atoms with Crippen molar-refractivity contribution in [2.45, 2.75) is 45.4 Å². The SMILES string of the molecule is C/C1=C(\CO)CCCCCC1. The van der Waals surface area contributed by atoms with Gasteiger partial charge in [0.05, 0.1) is 6.61 Å². The van der Waals surface area contributed by atoms with Crippen molar-refractivity contribution in [1.29, 1.82) is 0 Å². The van der Waals surface area contributed by atoms with E-state index in [1.54, 1.807) is 0 Å². The van der Waals surface area contributed by atoms with Crippen molar-refractivity contribution in [3.05, 3.63) is 11.1 Å². The zero-order valence-corrected chi connectivity index (χ0v) is 7.40. The van der Waals surface area contributed by atoms with Gasteiger partial charge in [0.25, 0.3) is 0 Å². The Morgan fingerprint density at radius 2 is 1.73 bits per heavy atom. The molecule has 1 N–H and O–H groups in total. The van der Waals surface area contributed by atoms with Crippen molar-refractivity contribution in [3.8, 4) is 0 Å². The van der Waals surface area contributed by atoms with Gasteiger partial charge >= 0.3 is 0 Å². The van der Waals surface area contributed by atoms with Crippen LogP contribution in [-0.4, -0.2) is 11.7 Å². The lowest BCUT2D eigenvalue weighted by Gasteiger charge is -2.13. The first-order valence-corrected chi connectivity index (χ1v) is 4.63. The van der Waals surface area contributed by atoms with E-state index in [-0.39, 0.29) is 6.61 Å². The fraction of sp³-hybridized carbons (Fsp3) is 0.800. The van der Waals surface area contributed by atoms with Gasteiger partial charge in [0.2, 0.25) is 0 Å². The lowest BCUT2D eigenvalue weighted by atomic mass is 9.95. The molecule has 0 fully saturated rings. The van der Waals surface area contributed by atoms with Gasteiger partial charge in [-0.25, -0.2) is 0 Å². The predicted octanol–water partition coefficient (Wildman–Crippen LogP) is 2.65. The van der Waals surface area contributed by atoms with Crippen LogP contribution in [0.4, 0.5) is 0 Å². The Kier molecular flexibility index (Phi) is 3.64. The minimum Gasteiger partial charge on any atom is -0.392 e.